The average Bonchev–Trinajstić information content (AvgIpc) is 3.27. The molecule has 2 saturated heterocycles. The van der Waals surface area contributed by atoms with Crippen LogP contribution in [0, 0.1) is 0 Å². The van der Waals surface area contributed by atoms with Crippen LogP contribution in [0.5, 0.6) is 5.75 Å². The summed E-state index contributed by atoms with van der Waals surface area (Å²) in [6.45, 7) is 4.66. The quantitative estimate of drug-likeness (QED) is 0.342. The van der Waals surface area contributed by atoms with Crippen LogP contribution >= 0.6 is 11.6 Å². The van der Waals surface area contributed by atoms with Crippen LogP contribution in [0.25, 0.3) is 11.3 Å². The topological polar surface area (TPSA) is 86.2 Å². The summed E-state index contributed by atoms with van der Waals surface area (Å²) in [6, 6.07) is 12.7. The number of para-hydroxylation sites is 1. The molecule has 0 aliphatic carbocycles. The van der Waals surface area contributed by atoms with Crippen LogP contribution in [0.15, 0.2) is 54.6 Å². The number of fused-ring (bicyclic) bond motifs is 1. The first-order chi connectivity index (χ1) is 19.5. The number of anilines is 2. The lowest BCUT2D eigenvalue weighted by molar-refractivity contribution is -0.137. The first-order valence-electron chi connectivity index (χ1n) is 13.2. The molecule has 1 N–H and O–H groups in total. The summed E-state index contributed by atoms with van der Waals surface area (Å²) < 4.78 is 47.2. The lowest BCUT2D eigenvalue weighted by atomic mass is 10.0. The van der Waals surface area contributed by atoms with Crippen LogP contribution in [0.2, 0.25) is 5.02 Å². The van der Waals surface area contributed by atoms with Gasteiger partial charge in [0.15, 0.2) is 5.69 Å². The number of urea groups is 1. The van der Waals surface area contributed by atoms with E-state index in [4.69, 9.17) is 16.3 Å². The van der Waals surface area contributed by atoms with Crippen molar-refractivity contribution in [3.63, 3.8) is 0 Å². The number of hydrogen-bond donors (Lipinski definition) is 1. The lowest BCUT2D eigenvalue weighted by Gasteiger charge is -2.44. The Hall–Kier alpha value is -3.99. The van der Waals surface area contributed by atoms with Gasteiger partial charge >= 0.3 is 18.2 Å². The highest BCUT2D eigenvalue weighted by Crippen LogP contribution is 2.41. The molecule has 2 aromatic carbocycles. The minimum absolute atomic E-state index is 0.00608. The Bertz CT molecular complexity index is 1480. The summed E-state index contributed by atoms with van der Waals surface area (Å²) in [5.74, 6) is -0.634. The fourth-order valence-electron chi connectivity index (χ4n) is 5.55. The van der Waals surface area contributed by atoms with E-state index in [1.54, 1.807) is 29.2 Å². The monoisotopic (exact) mass is 588 g/mol. The van der Waals surface area contributed by atoms with Crippen molar-refractivity contribution >= 4 is 35.0 Å². The summed E-state index contributed by atoms with van der Waals surface area (Å²) in [5.41, 5.74) is 0.0784. The van der Waals surface area contributed by atoms with E-state index in [0.29, 0.717) is 35.7 Å². The fourth-order valence-corrected chi connectivity index (χ4v) is 5.72. The average molecular weight is 589 g/mol. The SMILES string of the molecule is CCOc1ccccc1-c1ccc(N2C[C@H]3CN(c4ccc(Cl)cc4C(F)(F)F)C(=O)N3C[C@H]2CC)c(C(=O)O)n1. The molecular weight excluding hydrogens is 561 g/mol. The number of aromatic nitrogens is 1. The third kappa shape index (κ3) is 5.38. The van der Waals surface area contributed by atoms with Crippen LogP contribution in [0.3, 0.4) is 0 Å². The Morgan fingerprint density at radius 1 is 1.05 bits per heavy atom. The van der Waals surface area contributed by atoms with Gasteiger partial charge in [0.1, 0.15) is 5.75 Å². The van der Waals surface area contributed by atoms with E-state index in [-0.39, 0.29) is 42.1 Å². The number of carboxylic acid groups (broad SMARTS) is 1. The summed E-state index contributed by atoms with van der Waals surface area (Å²) in [5, 5.41) is 10.1. The number of ether oxygens (including phenoxy) is 1. The maximum absolute atomic E-state index is 13.8. The molecule has 2 fully saturated rings. The maximum atomic E-state index is 13.8. The van der Waals surface area contributed by atoms with Gasteiger partial charge in [0, 0.05) is 36.3 Å². The number of piperazine rings is 1. The summed E-state index contributed by atoms with van der Waals surface area (Å²) in [4.78, 5) is 34.9. The summed E-state index contributed by atoms with van der Waals surface area (Å²) in [7, 11) is 0. The van der Waals surface area contributed by atoms with Gasteiger partial charge in [-0.15, -0.1) is 0 Å². The molecule has 2 amide bonds. The number of hydrogen-bond acceptors (Lipinski definition) is 5. The van der Waals surface area contributed by atoms with Gasteiger partial charge in [0.25, 0.3) is 0 Å². The normalized spacial score (nSPS) is 19.0. The number of rotatable bonds is 7. The van der Waals surface area contributed by atoms with Gasteiger partial charge < -0.3 is 19.6 Å². The van der Waals surface area contributed by atoms with Crippen LogP contribution in [0.4, 0.5) is 29.3 Å². The minimum atomic E-state index is -4.70. The molecule has 5 rings (SSSR count). The second-order valence-corrected chi connectivity index (χ2v) is 10.3. The smallest absolute Gasteiger partial charge is 0.418 e. The molecule has 8 nitrogen and oxygen atoms in total. The van der Waals surface area contributed by atoms with E-state index >= 15 is 0 Å². The van der Waals surface area contributed by atoms with Gasteiger partial charge in [-0.25, -0.2) is 14.6 Å². The number of nitrogens with zero attached hydrogens (tertiary/aromatic N) is 4. The van der Waals surface area contributed by atoms with Crippen LogP contribution in [-0.4, -0.2) is 65.3 Å². The molecular formula is C29H28ClF3N4O4. The van der Waals surface area contributed by atoms with Crippen molar-refractivity contribution in [1.82, 2.24) is 9.88 Å². The van der Waals surface area contributed by atoms with E-state index in [1.165, 1.54) is 12.1 Å². The number of alkyl halides is 3. The number of pyridine rings is 1. The van der Waals surface area contributed by atoms with Crippen molar-refractivity contribution in [3.8, 4) is 17.0 Å². The van der Waals surface area contributed by atoms with Crippen molar-refractivity contribution < 1.29 is 32.6 Å². The number of benzene rings is 2. The van der Waals surface area contributed by atoms with Crippen molar-refractivity contribution in [2.75, 3.05) is 36.0 Å². The van der Waals surface area contributed by atoms with Crippen LogP contribution < -0.4 is 14.5 Å². The van der Waals surface area contributed by atoms with Crippen molar-refractivity contribution in [1.29, 1.82) is 0 Å². The zero-order valence-electron chi connectivity index (χ0n) is 22.4. The predicted octanol–water partition coefficient (Wildman–Crippen LogP) is 6.43. The van der Waals surface area contributed by atoms with Gasteiger partial charge in [-0.2, -0.15) is 13.2 Å². The fraction of sp³-hybridized carbons (Fsp3) is 0.345. The van der Waals surface area contributed by atoms with E-state index in [1.807, 2.05) is 30.9 Å². The van der Waals surface area contributed by atoms with Gasteiger partial charge in [-0.05, 0) is 55.8 Å². The van der Waals surface area contributed by atoms with Crippen molar-refractivity contribution in [2.24, 2.45) is 0 Å². The molecule has 3 aromatic rings. The largest absolute Gasteiger partial charge is 0.493 e. The highest BCUT2D eigenvalue weighted by atomic mass is 35.5. The highest BCUT2D eigenvalue weighted by molar-refractivity contribution is 6.30. The molecule has 2 aliphatic rings. The Morgan fingerprint density at radius 3 is 2.46 bits per heavy atom. The molecule has 1 aromatic heterocycles. The molecule has 0 spiro atoms. The van der Waals surface area contributed by atoms with Gasteiger partial charge in [-0.3, -0.25) is 4.90 Å². The third-order valence-electron chi connectivity index (χ3n) is 7.44. The number of halogens is 4. The number of amides is 2. The molecule has 41 heavy (non-hydrogen) atoms. The van der Waals surface area contributed by atoms with E-state index in [2.05, 4.69) is 4.98 Å². The van der Waals surface area contributed by atoms with Crippen LogP contribution in [0.1, 0.15) is 36.3 Å². The van der Waals surface area contributed by atoms with Gasteiger partial charge in [0.2, 0.25) is 0 Å². The third-order valence-corrected chi connectivity index (χ3v) is 7.68. The number of carbonyl (C=O) groups is 2. The molecule has 2 atom stereocenters. The molecule has 0 saturated carbocycles. The van der Waals surface area contributed by atoms with Crippen LogP contribution in [-0.2, 0) is 6.18 Å². The Balaban J connectivity index is 1.49. The van der Waals surface area contributed by atoms with Crippen molar-refractivity contribution in [2.45, 2.75) is 38.5 Å². The molecule has 0 radical (unpaired) electrons. The standard InChI is InChI=1S/C29H28ClF3N4O4/c1-3-18-14-36-19(16-37(28(36)40)23-11-9-17(30)13-21(23)29(31,32)33)15-35(18)24-12-10-22(34-26(24)27(38)39)20-7-5-6-8-25(20)41-4-2/h5-13,18-19H,3-4,14-16H2,1-2H3,(H,38,39)/t18-,19+/m1/s1. The molecule has 0 unspecified atom stereocenters. The maximum Gasteiger partial charge on any atom is 0.418 e. The lowest BCUT2D eigenvalue weighted by Crippen LogP contribution is -2.57. The molecule has 0 bridgehead atoms. The van der Waals surface area contributed by atoms with Gasteiger partial charge in [0.05, 0.1) is 35.3 Å². The Kier molecular flexibility index (Phi) is 7.74. The zero-order chi connectivity index (χ0) is 29.5. The second kappa shape index (κ2) is 11.1. The Labute approximate surface area is 239 Å². The zero-order valence-corrected chi connectivity index (χ0v) is 23.1. The van der Waals surface area contributed by atoms with E-state index in [9.17, 15) is 27.9 Å². The molecule has 216 valence electrons. The molecule has 12 heteroatoms. The Morgan fingerprint density at radius 2 is 1.78 bits per heavy atom. The predicted molar refractivity (Wildman–Crippen MR) is 149 cm³/mol. The number of carbonyl (C=O) groups excluding carboxylic acids is 1. The van der Waals surface area contributed by atoms with E-state index < -0.39 is 29.8 Å². The second-order valence-electron chi connectivity index (χ2n) is 9.87. The first-order valence-corrected chi connectivity index (χ1v) is 13.6. The summed E-state index contributed by atoms with van der Waals surface area (Å²) >= 11 is 5.85. The number of carboxylic acids is 1. The first kappa shape index (κ1) is 28.5. The molecule has 2 aliphatic heterocycles. The van der Waals surface area contributed by atoms with E-state index in [0.717, 1.165) is 11.0 Å². The minimum Gasteiger partial charge on any atom is -0.493 e. The van der Waals surface area contributed by atoms with Gasteiger partial charge in [-0.1, -0.05) is 30.7 Å². The molecule has 3 heterocycles. The highest BCUT2D eigenvalue weighted by Gasteiger charge is 2.47. The number of aromatic carboxylic acids is 1. The summed E-state index contributed by atoms with van der Waals surface area (Å²) in [6.07, 6.45) is -4.13. The van der Waals surface area contributed by atoms with Crippen molar-refractivity contribution in [3.05, 3.63) is 70.9 Å².